The molecule has 3 N–H and O–H groups in total. The molecule has 4 atom stereocenters. The lowest BCUT2D eigenvalue weighted by Gasteiger charge is -2.19. The van der Waals surface area contributed by atoms with Gasteiger partial charge in [0.15, 0.2) is 12.3 Å². The highest BCUT2D eigenvalue weighted by Gasteiger charge is 2.47. The third-order valence-electron chi connectivity index (χ3n) is 3.45. The molecule has 1 aromatic heterocycles. The largest absolute Gasteiger partial charge is 0.463 e. The van der Waals surface area contributed by atoms with E-state index in [1.807, 2.05) is 0 Å². The van der Waals surface area contributed by atoms with Crippen LogP contribution >= 0.6 is 0 Å². The fourth-order valence-corrected chi connectivity index (χ4v) is 2.40. The SMILES string of the molecule is CC(=O)OC[C@H]1O[C@@H](n2cc(N=[N+]=[N-])c(N)nc2=O)[C@@H](O)[C@@H]1OC(C)=O. The van der Waals surface area contributed by atoms with E-state index in [2.05, 4.69) is 15.0 Å². The average Bonchev–Trinajstić information content (AvgIpc) is 2.84. The number of hydrogen-bond acceptors (Lipinski definition) is 10. The first kappa shape index (κ1) is 19.2. The van der Waals surface area contributed by atoms with Crippen LogP contribution in [0.2, 0.25) is 0 Å². The third-order valence-corrected chi connectivity index (χ3v) is 3.45. The monoisotopic (exact) mass is 368 g/mol. The van der Waals surface area contributed by atoms with E-state index in [0.717, 1.165) is 17.7 Å². The molecule has 1 aliphatic heterocycles. The summed E-state index contributed by atoms with van der Waals surface area (Å²) in [5, 5.41) is 13.7. The van der Waals surface area contributed by atoms with Gasteiger partial charge in [0.25, 0.3) is 0 Å². The number of rotatable bonds is 5. The summed E-state index contributed by atoms with van der Waals surface area (Å²) in [5.41, 5.74) is 13.0. The Bertz CT molecular complexity index is 818. The average molecular weight is 368 g/mol. The highest BCUT2D eigenvalue weighted by Crippen LogP contribution is 2.32. The lowest BCUT2D eigenvalue weighted by atomic mass is 10.1. The molecule has 1 aliphatic rings. The van der Waals surface area contributed by atoms with Gasteiger partial charge >= 0.3 is 17.6 Å². The van der Waals surface area contributed by atoms with Crippen LogP contribution in [0.3, 0.4) is 0 Å². The third kappa shape index (κ3) is 4.08. The molecule has 0 unspecified atom stereocenters. The number of carbonyl (C=O) groups is 2. The molecule has 0 aromatic carbocycles. The zero-order valence-corrected chi connectivity index (χ0v) is 13.8. The van der Waals surface area contributed by atoms with Crippen molar-refractivity contribution in [3.05, 3.63) is 27.1 Å². The highest BCUT2D eigenvalue weighted by atomic mass is 16.6. The number of carbonyl (C=O) groups excluding carboxylic acids is 2. The molecular weight excluding hydrogens is 352 g/mol. The lowest BCUT2D eigenvalue weighted by molar-refractivity contribution is -0.157. The number of ether oxygens (including phenoxy) is 3. The van der Waals surface area contributed by atoms with Gasteiger partial charge in [-0.1, -0.05) is 5.11 Å². The molecule has 0 spiro atoms. The van der Waals surface area contributed by atoms with E-state index in [9.17, 15) is 19.5 Å². The molecule has 0 radical (unpaired) electrons. The maximum atomic E-state index is 12.1. The molecule has 1 aromatic rings. The van der Waals surface area contributed by atoms with Crippen molar-refractivity contribution in [1.29, 1.82) is 0 Å². The minimum atomic E-state index is -1.48. The number of azide groups is 1. The van der Waals surface area contributed by atoms with Crippen molar-refractivity contribution in [3.8, 4) is 0 Å². The normalized spacial score (nSPS) is 24.6. The Morgan fingerprint density at radius 3 is 2.77 bits per heavy atom. The Morgan fingerprint density at radius 2 is 2.19 bits per heavy atom. The molecule has 2 heterocycles. The van der Waals surface area contributed by atoms with Gasteiger partial charge in [-0.05, 0) is 5.53 Å². The first-order chi connectivity index (χ1) is 12.2. The van der Waals surface area contributed by atoms with E-state index in [0.29, 0.717) is 0 Å². The molecule has 0 amide bonds. The molecule has 1 saturated heterocycles. The van der Waals surface area contributed by atoms with Crippen molar-refractivity contribution in [2.45, 2.75) is 38.4 Å². The van der Waals surface area contributed by atoms with Gasteiger partial charge in [0.05, 0.1) is 5.69 Å². The predicted octanol–water partition coefficient (Wildman–Crippen LogP) is -0.480. The molecule has 0 aliphatic carbocycles. The quantitative estimate of drug-likeness (QED) is 0.299. The Hall–Kier alpha value is -3.15. The van der Waals surface area contributed by atoms with Crippen LogP contribution in [-0.2, 0) is 23.8 Å². The number of nitrogens with two attached hydrogens (primary N) is 1. The fourth-order valence-electron chi connectivity index (χ4n) is 2.40. The van der Waals surface area contributed by atoms with Crippen LogP contribution in [0, 0.1) is 0 Å². The van der Waals surface area contributed by atoms with Gasteiger partial charge in [-0.15, -0.1) is 0 Å². The number of anilines is 1. The van der Waals surface area contributed by atoms with Gasteiger partial charge in [0.2, 0.25) is 0 Å². The second kappa shape index (κ2) is 7.82. The maximum Gasteiger partial charge on any atom is 0.351 e. The van der Waals surface area contributed by atoms with Gasteiger partial charge in [0.1, 0.15) is 24.6 Å². The lowest BCUT2D eigenvalue weighted by Crippen LogP contribution is -2.39. The summed E-state index contributed by atoms with van der Waals surface area (Å²) in [6.07, 6.45) is -4.01. The maximum absolute atomic E-state index is 12.1. The van der Waals surface area contributed by atoms with Crippen LogP contribution in [-0.4, -0.2) is 51.5 Å². The first-order valence-corrected chi connectivity index (χ1v) is 7.32. The van der Waals surface area contributed by atoms with Crippen molar-refractivity contribution in [3.63, 3.8) is 0 Å². The summed E-state index contributed by atoms with van der Waals surface area (Å²) in [5.74, 6) is -1.61. The fraction of sp³-hybridized carbons (Fsp3) is 0.538. The van der Waals surface area contributed by atoms with E-state index in [1.54, 1.807) is 0 Å². The Labute approximate surface area is 145 Å². The minimum Gasteiger partial charge on any atom is -0.463 e. The standard InChI is InChI=1S/C13H16N6O7/c1-5(20)24-4-8-10(25-6(2)21)9(22)12(26-8)19-3-7(17-18-15)11(14)16-13(19)23/h3,8-10,12,22H,4H2,1-2H3,(H2,14,16,23)/t8-,9+,10-,12-/m1/s1. The number of hydrogen-bond donors (Lipinski definition) is 2. The first-order valence-electron chi connectivity index (χ1n) is 7.32. The summed E-state index contributed by atoms with van der Waals surface area (Å²) in [6.45, 7) is 1.98. The predicted molar refractivity (Wildman–Crippen MR) is 83.8 cm³/mol. The Kier molecular flexibility index (Phi) is 5.77. The minimum absolute atomic E-state index is 0.157. The van der Waals surface area contributed by atoms with E-state index in [1.165, 1.54) is 6.92 Å². The number of esters is 2. The second-order valence-corrected chi connectivity index (χ2v) is 5.32. The van der Waals surface area contributed by atoms with Gasteiger partial charge in [0, 0.05) is 25.0 Å². The molecule has 140 valence electrons. The van der Waals surface area contributed by atoms with Gasteiger partial charge in [-0.3, -0.25) is 14.2 Å². The number of aliphatic hydroxyl groups excluding tert-OH is 1. The molecule has 13 nitrogen and oxygen atoms in total. The van der Waals surface area contributed by atoms with Crippen molar-refractivity contribution in [2.24, 2.45) is 5.11 Å². The highest BCUT2D eigenvalue weighted by molar-refractivity contribution is 5.66. The molecular formula is C13H16N6O7. The van der Waals surface area contributed by atoms with Crippen LogP contribution in [0.25, 0.3) is 10.4 Å². The van der Waals surface area contributed by atoms with Crippen molar-refractivity contribution >= 4 is 23.4 Å². The van der Waals surface area contributed by atoms with Crippen LogP contribution in [0.5, 0.6) is 0 Å². The van der Waals surface area contributed by atoms with E-state index in [4.69, 9.17) is 25.5 Å². The summed E-state index contributed by atoms with van der Waals surface area (Å²) in [7, 11) is 0. The van der Waals surface area contributed by atoms with Crippen molar-refractivity contribution in [1.82, 2.24) is 9.55 Å². The molecule has 13 heteroatoms. The van der Waals surface area contributed by atoms with Gasteiger partial charge < -0.3 is 25.1 Å². The van der Waals surface area contributed by atoms with Gasteiger partial charge in [-0.25, -0.2) is 4.79 Å². The number of nitrogens with zero attached hydrogens (tertiary/aromatic N) is 5. The molecule has 2 rings (SSSR count). The van der Waals surface area contributed by atoms with Crippen LogP contribution in [0.1, 0.15) is 20.1 Å². The van der Waals surface area contributed by atoms with Crippen molar-refractivity contribution < 1.29 is 28.9 Å². The molecule has 1 fully saturated rings. The van der Waals surface area contributed by atoms with E-state index < -0.39 is 42.2 Å². The van der Waals surface area contributed by atoms with Gasteiger partial charge in [-0.2, -0.15) is 4.98 Å². The molecule has 0 saturated carbocycles. The number of nitrogen functional groups attached to an aromatic ring is 1. The van der Waals surface area contributed by atoms with Crippen LogP contribution < -0.4 is 11.4 Å². The summed E-state index contributed by atoms with van der Waals surface area (Å²) < 4.78 is 16.2. The van der Waals surface area contributed by atoms with Crippen LogP contribution in [0.4, 0.5) is 11.5 Å². The molecule has 0 bridgehead atoms. The topological polar surface area (TPSA) is 192 Å². The van der Waals surface area contributed by atoms with Crippen molar-refractivity contribution in [2.75, 3.05) is 12.3 Å². The smallest absolute Gasteiger partial charge is 0.351 e. The Balaban J connectivity index is 2.38. The second-order valence-electron chi connectivity index (χ2n) is 5.32. The number of aliphatic hydroxyl groups is 1. The summed E-state index contributed by atoms with van der Waals surface area (Å²) in [4.78, 5) is 40.4. The zero-order valence-electron chi connectivity index (χ0n) is 13.8. The summed E-state index contributed by atoms with van der Waals surface area (Å²) >= 11 is 0. The number of aromatic nitrogens is 2. The summed E-state index contributed by atoms with van der Waals surface area (Å²) in [6, 6.07) is 0. The Morgan fingerprint density at radius 1 is 1.50 bits per heavy atom. The van der Waals surface area contributed by atoms with E-state index in [-0.39, 0.29) is 18.1 Å². The molecule has 26 heavy (non-hydrogen) atoms. The van der Waals surface area contributed by atoms with Crippen LogP contribution in [0.15, 0.2) is 16.1 Å². The van der Waals surface area contributed by atoms with E-state index >= 15 is 0 Å². The zero-order chi connectivity index (χ0) is 19.4.